The second-order valence-corrected chi connectivity index (χ2v) is 6.57. The maximum Gasteiger partial charge on any atom is 0.140 e. The van der Waals surface area contributed by atoms with Crippen LogP contribution in [0.4, 0.5) is 0 Å². The Kier molecular flexibility index (Phi) is 8.07. The molecule has 3 nitrogen and oxygen atoms in total. The molecule has 0 amide bonds. The van der Waals surface area contributed by atoms with E-state index in [1.54, 1.807) is 6.07 Å². The van der Waals surface area contributed by atoms with Crippen LogP contribution in [0.25, 0.3) is 0 Å². The molecule has 3 rings (SSSR count). The Morgan fingerprint density at radius 2 is 1.82 bits per heavy atom. The molecule has 0 spiro atoms. The molecule has 7 heteroatoms. The van der Waals surface area contributed by atoms with Crippen LogP contribution in [0.2, 0.25) is 10.0 Å². The van der Waals surface area contributed by atoms with E-state index in [9.17, 15) is 5.11 Å². The van der Waals surface area contributed by atoms with Crippen molar-refractivity contribution in [3.8, 4) is 5.75 Å². The Balaban J connectivity index is 0.00000121. The Labute approximate surface area is 154 Å². The smallest absolute Gasteiger partial charge is 0.140 e. The summed E-state index contributed by atoms with van der Waals surface area (Å²) in [5.41, 5.74) is 0.924. The van der Waals surface area contributed by atoms with E-state index in [0.29, 0.717) is 5.02 Å². The third-order valence-corrected chi connectivity index (χ3v) is 5.10. The molecular formula is C15H22Cl4N2O. The number of nitrogens with one attached hydrogen (secondary N) is 1. The number of phenolic OH excluding ortho intramolecular Hbond substituents is 1. The third-order valence-electron chi connectivity index (χ3n) is 4.31. The van der Waals surface area contributed by atoms with Gasteiger partial charge in [-0.2, -0.15) is 0 Å². The van der Waals surface area contributed by atoms with Crippen LogP contribution in [0.15, 0.2) is 12.1 Å². The van der Waals surface area contributed by atoms with Gasteiger partial charge in [-0.15, -0.1) is 24.8 Å². The number of benzene rings is 1. The van der Waals surface area contributed by atoms with Gasteiger partial charge < -0.3 is 10.4 Å². The number of hydrogen-bond acceptors (Lipinski definition) is 3. The van der Waals surface area contributed by atoms with E-state index >= 15 is 0 Å². The number of halogens is 4. The highest BCUT2D eigenvalue weighted by atomic mass is 35.5. The van der Waals surface area contributed by atoms with Gasteiger partial charge in [0.05, 0.1) is 5.02 Å². The lowest BCUT2D eigenvalue weighted by Gasteiger charge is -2.35. The highest BCUT2D eigenvalue weighted by molar-refractivity contribution is 6.43. The third kappa shape index (κ3) is 4.56. The van der Waals surface area contributed by atoms with Gasteiger partial charge in [0.1, 0.15) is 10.8 Å². The minimum atomic E-state index is 0. The van der Waals surface area contributed by atoms with Crippen LogP contribution in [0, 0.1) is 5.92 Å². The maximum atomic E-state index is 10.4. The standard InChI is InChI=1S/C15H20Cl2N2O.2ClH/c16-12-4-3-11(15(20)14(12)17)13(9-10-1-2-10)19-7-5-18-6-8-19;;/h3-4,10,13,18,20H,1-2,5-9H2;2*1H/t13-;;/m0../s1. The van der Waals surface area contributed by atoms with Gasteiger partial charge in [0.25, 0.3) is 0 Å². The summed E-state index contributed by atoms with van der Waals surface area (Å²) in [6, 6.07) is 3.97. The van der Waals surface area contributed by atoms with Crippen molar-refractivity contribution in [2.24, 2.45) is 5.92 Å². The zero-order valence-electron chi connectivity index (χ0n) is 12.2. The summed E-state index contributed by atoms with van der Waals surface area (Å²) in [6.45, 7) is 4.03. The van der Waals surface area contributed by atoms with Gasteiger partial charge in [-0.05, 0) is 18.4 Å². The van der Waals surface area contributed by atoms with Gasteiger partial charge in [-0.25, -0.2) is 0 Å². The van der Waals surface area contributed by atoms with Crippen LogP contribution in [0.1, 0.15) is 30.9 Å². The number of hydrogen-bond donors (Lipinski definition) is 2. The summed E-state index contributed by atoms with van der Waals surface area (Å²) in [5.74, 6) is 0.951. The zero-order valence-corrected chi connectivity index (χ0v) is 15.4. The van der Waals surface area contributed by atoms with Crippen molar-refractivity contribution in [2.75, 3.05) is 26.2 Å². The fourth-order valence-electron chi connectivity index (χ4n) is 2.96. The van der Waals surface area contributed by atoms with Crippen molar-refractivity contribution < 1.29 is 5.11 Å². The lowest BCUT2D eigenvalue weighted by atomic mass is 9.97. The molecule has 1 aliphatic heterocycles. The van der Waals surface area contributed by atoms with Crippen LogP contribution in [-0.2, 0) is 0 Å². The zero-order chi connectivity index (χ0) is 14.1. The SMILES string of the molecule is Cl.Cl.Oc1c([C@H](CC2CC2)N2CCNCC2)ccc(Cl)c1Cl. The van der Waals surface area contributed by atoms with Gasteiger partial charge in [-0.1, -0.05) is 42.1 Å². The summed E-state index contributed by atoms with van der Waals surface area (Å²) < 4.78 is 0. The molecule has 126 valence electrons. The van der Waals surface area contributed by atoms with E-state index in [0.717, 1.165) is 44.1 Å². The Bertz CT molecular complexity index is 491. The minimum Gasteiger partial charge on any atom is -0.506 e. The van der Waals surface area contributed by atoms with Crippen molar-refractivity contribution in [2.45, 2.75) is 25.3 Å². The number of aromatic hydroxyl groups is 1. The number of phenols is 1. The van der Waals surface area contributed by atoms with E-state index in [1.165, 1.54) is 12.8 Å². The first kappa shape index (κ1) is 20.1. The number of nitrogens with zero attached hydrogens (tertiary/aromatic N) is 1. The molecule has 0 unspecified atom stereocenters. The minimum absolute atomic E-state index is 0. The molecule has 1 aromatic carbocycles. The van der Waals surface area contributed by atoms with Crippen molar-refractivity contribution in [1.29, 1.82) is 0 Å². The van der Waals surface area contributed by atoms with Gasteiger partial charge >= 0.3 is 0 Å². The molecule has 2 fully saturated rings. The first-order chi connectivity index (χ1) is 9.66. The van der Waals surface area contributed by atoms with Crippen LogP contribution < -0.4 is 5.32 Å². The Morgan fingerprint density at radius 1 is 1.18 bits per heavy atom. The fraction of sp³-hybridized carbons (Fsp3) is 0.600. The van der Waals surface area contributed by atoms with Crippen LogP contribution in [-0.4, -0.2) is 36.2 Å². The Morgan fingerprint density at radius 3 is 2.41 bits per heavy atom. The van der Waals surface area contributed by atoms with Gasteiger partial charge in [0, 0.05) is 37.8 Å². The van der Waals surface area contributed by atoms with Crippen molar-refractivity contribution >= 4 is 48.0 Å². The average molecular weight is 388 g/mol. The predicted molar refractivity (Wildman–Crippen MR) is 97.1 cm³/mol. The van der Waals surface area contributed by atoms with Crippen molar-refractivity contribution in [3.05, 3.63) is 27.7 Å². The lowest BCUT2D eigenvalue weighted by Crippen LogP contribution is -2.45. The summed E-state index contributed by atoms with van der Waals surface area (Å²) in [6.07, 6.45) is 3.72. The number of rotatable bonds is 4. The normalized spacial score (nSPS) is 19.9. The van der Waals surface area contributed by atoms with Crippen molar-refractivity contribution in [3.63, 3.8) is 0 Å². The molecule has 1 heterocycles. The second-order valence-electron chi connectivity index (χ2n) is 5.78. The maximum absolute atomic E-state index is 10.4. The van der Waals surface area contributed by atoms with E-state index in [2.05, 4.69) is 10.2 Å². The van der Waals surface area contributed by atoms with E-state index < -0.39 is 0 Å². The summed E-state index contributed by atoms with van der Waals surface area (Å²) in [4.78, 5) is 2.45. The topological polar surface area (TPSA) is 35.5 Å². The van der Waals surface area contributed by atoms with E-state index in [1.807, 2.05) is 6.07 Å². The second kappa shape index (κ2) is 8.81. The molecule has 1 saturated heterocycles. The summed E-state index contributed by atoms with van der Waals surface area (Å²) in [7, 11) is 0. The van der Waals surface area contributed by atoms with Crippen LogP contribution >= 0.6 is 48.0 Å². The monoisotopic (exact) mass is 386 g/mol. The highest BCUT2D eigenvalue weighted by Crippen LogP contribution is 2.45. The first-order valence-electron chi connectivity index (χ1n) is 7.28. The van der Waals surface area contributed by atoms with Crippen molar-refractivity contribution in [1.82, 2.24) is 10.2 Å². The van der Waals surface area contributed by atoms with Gasteiger partial charge in [0.15, 0.2) is 0 Å². The quantitative estimate of drug-likeness (QED) is 0.808. The average Bonchev–Trinajstić information content (AvgIpc) is 3.28. The molecule has 1 saturated carbocycles. The fourth-order valence-corrected chi connectivity index (χ4v) is 3.28. The molecule has 0 radical (unpaired) electrons. The van der Waals surface area contributed by atoms with Crippen LogP contribution in [0.3, 0.4) is 0 Å². The molecule has 22 heavy (non-hydrogen) atoms. The largest absolute Gasteiger partial charge is 0.506 e. The molecular weight excluding hydrogens is 366 g/mol. The number of piperazine rings is 1. The van der Waals surface area contributed by atoms with E-state index in [4.69, 9.17) is 23.2 Å². The van der Waals surface area contributed by atoms with Gasteiger partial charge in [0.2, 0.25) is 0 Å². The molecule has 1 aromatic rings. The molecule has 2 N–H and O–H groups in total. The van der Waals surface area contributed by atoms with E-state index in [-0.39, 0.29) is 41.6 Å². The molecule has 1 aliphatic carbocycles. The van der Waals surface area contributed by atoms with Gasteiger partial charge in [-0.3, -0.25) is 4.90 Å². The molecule has 1 atom stereocenters. The molecule has 0 bridgehead atoms. The predicted octanol–water partition coefficient (Wildman–Crippen LogP) is 4.29. The highest BCUT2D eigenvalue weighted by Gasteiger charge is 2.32. The Hall–Kier alpha value is 0.1000. The molecule has 2 aliphatic rings. The lowest BCUT2D eigenvalue weighted by molar-refractivity contribution is 0.158. The molecule has 0 aromatic heterocycles. The summed E-state index contributed by atoms with van der Waals surface area (Å²) >= 11 is 12.1. The summed E-state index contributed by atoms with van der Waals surface area (Å²) in [5, 5.41) is 14.4. The van der Waals surface area contributed by atoms with Crippen LogP contribution in [0.5, 0.6) is 5.75 Å². The first-order valence-corrected chi connectivity index (χ1v) is 8.04.